The highest BCUT2D eigenvalue weighted by Crippen LogP contribution is 2.31. The van der Waals surface area contributed by atoms with Crippen LogP contribution in [-0.2, 0) is 6.54 Å². The van der Waals surface area contributed by atoms with Crippen LogP contribution in [0.15, 0.2) is 18.2 Å². The van der Waals surface area contributed by atoms with Crippen LogP contribution in [0.3, 0.4) is 0 Å². The van der Waals surface area contributed by atoms with Gasteiger partial charge in [-0.25, -0.2) is 0 Å². The zero-order chi connectivity index (χ0) is 15.6. The summed E-state index contributed by atoms with van der Waals surface area (Å²) in [7, 11) is 0. The number of rotatable bonds is 5. The number of nitrogens with zero attached hydrogens (tertiary/aromatic N) is 1. The van der Waals surface area contributed by atoms with E-state index in [1.165, 1.54) is 11.1 Å². The zero-order valence-electron chi connectivity index (χ0n) is 13.8. The first kappa shape index (κ1) is 15.8. The number of likely N-dealkylation sites (tertiary alicyclic amines) is 1. The molecule has 2 N–H and O–H groups in total. The zero-order valence-corrected chi connectivity index (χ0v) is 13.8. The molecule has 0 atom stereocenters. The van der Waals surface area contributed by atoms with Gasteiger partial charge < -0.3 is 15.2 Å². The summed E-state index contributed by atoms with van der Waals surface area (Å²) in [5.41, 5.74) is 2.81. The van der Waals surface area contributed by atoms with Gasteiger partial charge in [-0.3, -0.25) is 4.90 Å². The van der Waals surface area contributed by atoms with Crippen LogP contribution in [0.5, 0.6) is 5.75 Å². The quantitative estimate of drug-likeness (QED) is 0.872. The van der Waals surface area contributed by atoms with Gasteiger partial charge in [0, 0.05) is 26.2 Å². The van der Waals surface area contributed by atoms with Crippen LogP contribution in [-0.4, -0.2) is 48.9 Å². The van der Waals surface area contributed by atoms with Crippen molar-refractivity contribution in [1.82, 2.24) is 10.2 Å². The van der Waals surface area contributed by atoms with Gasteiger partial charge in [-0.05, 0) is 61.5 Å². The van der Waals surface area contributed by atoms with Gasteiger partial charge in [0.2, 0.25) is 0 Å². The summed E-state index contributed by atoms with van der Waals surface area (Å²) in [6, 6.07) is 6.47. The molecule has 0 radical (unpaired) electrons. The van der Waals surface area contributed by atoms with Crippen molar-refractivity contribution in [1.29, 1.82) is 0 Å². The molecule has 4 heteroatoms. The standard InChI is InChI=1S/C18H28N2O2/c1-14-9-16(22-17-10-19-11-17)4-3-15(14)12-20-7-5-18(2,13-21)6-8-20/h3-4,9,17,19,21H,5-8,10-13H2,1-2H3. The maximum Gasteiger partial charge on any atom is 0.123 e. The van der Waals surface area contributed by atoms with E-state index in [-0.39, 0.29) is 5.41 Å². The van der Waals surface area contributed by atoms with Gasteiger partial charge in [-0.15, -0.1) is 0 Å². The van der Waals surface area contributed by atoms with Gasteiger partial charge in [0.1, 0.15) is 11.9 Å². The van der Waals surface area contributed by atoms with Gasteiger partial charge in [-0.2, -0.15) is 0 Å². The molecule has 0 aromatic heterocycles. The van der Waals surface area contributed by atoms with Gasteiger partial charge in [0.15, 0.2) is 0 Å². The second kappa shape index (κ2) is 6.57. The molecule has 3 rings (SSSR count). The van der Waals surface area contributed by atoms with Crippen LogP contribution in [0.2, 0.25) is 0 Å². The first-order valence-corrected chi connectivity index (χ1v) is 8.38. The Bertz CT molecular complexity index is 506. The van der Waals surface area contributed by atoms with E-state index in [4.69, 9.17) is 4.74 Å². The minimum absolute atomic E-state index is 0.125. The van der Waals surface area contributed by atoms with E-state index in [9.17, 15) is 5.11 Å². The van der Waals surface area contributed by atoms with Gasteiger partial charge in [-0.1, -0.05) is 13.0 Å². The number of aliphatic hydroxyl groups is 1. The fourth-order valence-electron chi connectivity index (χ4n) is 3.11. The van der Waals surface area contributed by atoms with Crippen LogP contribution < -0.4 is 10.1 Å². The minimum atomic E-state index is 0.125. The molecule has 0 bridgehead atoms. The number of aliphatic hydroxyl groups excluding tert-OH is 1. The Kier molecular flexibility index (Phi) is 4.71. The molecule has 2 saturated heterocycles. The SMILES string of the molecule is Cc1cc(OC2CNC2)ccc1CN1CCC(C)(CO)CC1. The van der Waals surface area contributed by atoms with Crippen molar-refractivity contribution in [3.05, 3.63) is 29.3 Å². The summed E-state index contributed by atoms with van der Waals surface area (Å²) >= 11 is 0. The Morgan fingerprint density at radius 3 is 2.59 bits per heavy atom. The lowest BCUT2D eigenvalue weighted by Gasteiger charge is -2.38. The van der Waals surface area contributed by atoms with E-state index in [0.717, 1.165) is 51.3 Å². The number of nitrogens with one attached hydrogen (secondary N) is 1. The number of hydrogen-bond donors (Lipinski definition) is 2. The molecule has 2 aliphatic heterocycles. The van der Waals surface area contributed by atoms with E-state index in [1.54, 1.807) is 0 Å². The second-order valence-electron chi connectivity index (χ2n) is 7.23. The monoisotopic (exact) mass is 304 g/mol. The molecular formula is C18H28N2O2. The van der Waals surface area contributed by atoms with Crippen LogP contribution in [0.1, 0.15) is 30.9 Å². The molecule has 2 heterocycles. The predicted molar refractivity (Wildman–Crippen MR) is 88.2 cm³/mol. The molecule has 22 heavy (non-hydrogen) atoms. The molecular weight excluding hydrogens is 276 g/mol. The molecule has 1 aromatic carbocycles. The van der Waals surface area contributed by atoms with Crippen molar-refractivity contribution < 1.29 is 9.84 Å². The van der Waals surface area contributed by atoms with Crippen molar-refractivity contribution in [3.8, 4) is 5.75 Å². The molecule has 0 aliphatic carbocycles. The minimum Gasteiger partial charge on any atom is -0.488 e. The van der Waals surface area contributed by atoms with Crippen LogP contribution in [0.4, 0.5) is 0 Å². The van der Waals surface area contributed by atoms with E-state index in [1.807, 2.05) is 0 Å². The first-order valence-electron chi connectivity index (χ1n) is 8.38. The molecule has 0 saturated carbocycles. The Labute approximate surface area is 133 Å². The molecule has 2 fully saturated rings. The van der Waals surface area contributed by atoms with Gasteiger partial charge >= 0.3 is 0 Å². The van der Waals surface area contributed by atoms with Crippen molar-refractivity contribution in [3.63, 3.8) is 0 Å². The maximum absolute atomic E-state index is 9.46. The highest BCUT2D eigenvalue weighted by molar-refractivity contribution is 5.35. The number of benzene rings is 1. The number of ether oxygens (including phenoxy) is 1. The van der Waals surface area contributed by atoms with Crippen LogP contribution in [0, 0.1) is 12.3 Å². The highest BCUT2D eigenvalue weighted by atomic mass is 16.5. The van der Waals surface area contributed by atoms with E-state index < -0.39 is 0 Å². The second-order valence-corrected chi connectivity index (χ2v) is 7.23. The predicted octanol–water partition coefficient (Wildman–Crippen LogP) is 1.94. The summed E-state index contributed by atoms with van der Waals surface area (Å²) in [4.78, 5) is 2.50. The largest absolute Gasteiger partial charge is 0.488 e. The fourth-order valence-corrected chi connectivity index (χ4v) is 3.11. The summed E-state index contributed by atoms with van der Waals surface area (Å²) in [6.45, 7) is 9.72. The third-order valence-corrected chi connectivity index (χ3v) is 5.20. The van der Waals surface area contributed by atoms with Crippen LogP contribution in [0.25, 0.3) is 0 Å². The average molecular weight is 304 g/mol. The topological polar surface area (TPSA) is 44.7 Å². The smallest absolute Gasteiger partial charge is 0.123 e. The summed E-state index contributed by atoms with van der Waals surface area (Å²) in [5.74, 6) is 0.985. The molecule has 4 nitrogen and oxygen atoms in total. The van der Waals surface area contributed by atoms with Crippen molar-refractivity contribution in [2.75, 3.05) is 32.8 Å². The Morgan fingerprint density at radius 2 is 2.05 bits per heavy atom. The first-order chi connectivity index (χ1) is 10.6. The number of aryl methyl sites for hydroxylation is 1. The Hall–Kier alpha value is -1.10. The Morgan fingerprint density at radius 1 is 1.32 bits per heavy atom. The van der Waals surface area contributed by atoms with Crippen molar-refractivity contribution in [2.24, 2.45) is 5.41 Å². The molecule has 0 unspecified atom stereocenters. The van der Waals surface area contributed by atoms with Crippen molar-refractivity contribution in [2.45, 2.75) is 39.3 Å². The van der Waals surface area contributed by atoms with E-state index >= 15 is 0 Å². The molecule has 0 spiro atoms. The summed E-state index contributed by atoms with van der Waals surface area (Å²) in [6.07, 6.45) is 2.50. The lowest BCUT2D eigenvalue weighted by Crippen LogP contribution is -2.50. The fraction of sp³-hybridized carbons (Fsp3) is 0.667. The molecule has 0 amide bonds. The Balaban J connectivity index is 1.56. The third-order valence-electron chi connectivity index (χ3n) is 5.20. The number of hydrogen-bond acceptors (Lipinski definition) is 4. The normalized spacial score (nSPS) is 22.3. The van der Waals surface area contributed by atoms with Gasteiger partial charge in [0.25, 0.3) is 0 Å². The summed E-state index contributed by atoms with van der Waals surface area (Å²) < 4.78 is 5.91. The average Bonchev–Trinajstić information content (AvgIpc) is 2.48. The third kappa shape index (κ3) is 3.62. The lowest BCUT2D eigenvalue weighted by molar-refractivity contribution is 0.0556. The molecule has 122 valence electrons. The highest BCUT2D eigenvalue weighted by Gasteiger charge is 2.29. The maximum atomic E-state index is 9.46. The van der Waals surface area contributed by atoms with Crippen molar-refractivity contribution >= 4 is 0 Å². The number of piperidine rings is 1. The summed E-state index contributed by atoms with van der Waals surface area (Å²) in [5, 5.41) is 12.7. The van der Waals surface area contributed by atoms with Gasteiger partial charge in [0.05, 0.1) is 0 Å². The van der Waals surface area contributed by atoms with E-state index in [2.05, 4.69) is 42.3 Å². The van der Waals surface area contributed by atoms with Crippen LogP contribution >= 0.6 is 0 Å². The lowest BCUT2D eigenvalue weighted by atomic mass is 9.81. The molecule has 1 aromatic rings. The van der Waals surface area contributed by atoms with E-state index in [0.29, 0.717) is 12.7 Å². The molecule has 2 aliphatic rings.